The van der Waals surface area contributed by atoms with Crippen molar-refractivity contribution in [3.05, 3.63) is 68.8 Å². The fourth-order valence-electron chi connectivity index (χ4n) is 5.37. The number of benzene rings is 2. The number of fused-ring (bicyclic) bond motifs is 1. The van der Waals surface area contributed by atoms with Crippen LogP contribution in [0.1, 0.15) is 71.5 Å². The van der Waals surface area contributed by atoms with Gasteiger partial charge in [-0.05, 0) is 83.8 Å². The van der Waals surface area contributed by atoms with Crippen molar-refractivity contribution in [2.24, 2.45) is 5.92 Å². The lowest BCUT2D eigenvalue weighted by Gasteiger charge is -2.31. The molecule has 5 rings (SSSR count). The first kappa shape index (κ1) is 25.4. The predicted molar refractivity (Wildman–Crippen MR) is 154 cm³/mol. The van der Waals surface area contributed by atoms with Gasteiger partial charge in [-0.1, -0.05) is 31.5 Å². The van der Waals surface area contributed by atoms with E-state index in [2.05, 4.69) is 57.1 Å². The van der Waals surface area contributed by atoms with Crippen molar-refractivity contribution in [1.82, 2.24) is 9.55 Å². The Bertz CT molecular complexity index is 1420. The van der Waals surface area contributed by atoms with Crippen molar-refractivity contribution in [3.63, 3.8) is 0 Å². The second-order valence-electron chi connectivity index (χ2n) is 9.40. The summed E-state index contributed by atoms with van der Waals surface area (Å²) in [4.78, 5) is 32.5. The highest BCUT2D eigenvalue weighted by Crippen LogP contribution is 2.41. The van der Waals surface area contributed by atoms with Gasteiger partial charge in [-0.3, -0.25) is 9.59 Å². The molecule has 0 spiro atoms. The first-order valence-corrected chi connectivity index (χ1v) is 15.3. The number of hydrogen-bond donors (Lipinski definition) is 0. The quantitative estimate of drug-likeness (QED) is 0.154. The summed E-state index contributed by atoms with van der Waals surface area (Å²) in [5.74, 6) is 1.67. The van der Waals surface area contributed by atoms with Gasteiger partial charge >= 0.3 is 0 Å². The fraction of sp³-hybridized carbons (Fsp3) is 0.345. The van der Waals surface area contributed by atoms with Crippen LogP contribution in [-0.2, 0) is 0 Å². The Hall–Kier alpha value is -2.22. The molecule has 2 aromatic heterocycles. The molecule has 4 nitrogen and oxygen atoms in total. The van der Waals surface area contributed by atoms with Crippen molar-refractivity contribution in [2.45, 2.75) is 56.4 Å². The van der Waals surface area contributed by atoms with Gasteiger partial charge in [0.25, 0.3) is 0 Å². The van der Waals surface area contributed by atoms with Crippen LogP contribution >= 0.6 is 39.0 Å². The van der Waals surface area contributed by atoms with E-state index in [9.17, 15) is 9.59 Å². The first-order valence-electron chi connectivity index (χ1n) is 12.5. The summed E-state index contributed by atoms with van der Waals surface area (Å²) in [5, 5.41) is 0. The molecule has 1 aliphatic carbocycles. The zero-order valence-electron chi connectivity index (χ0n) is 20.5. The van der Waals surface area contributed by atoms with Crippen LogP contribution in [0.2, 0.25) is 0 Å². The highest BCUT2D eigenvalue weighted by molar-refractivity contribution is 9.11. The number of halogens is 1. The highest BCUT2D eigenvalue weighted by atomic mass is 79.9. The standard InChI is InChI=1S/C29H29BrN2O2S2/c1-3-24(33)19-11-12-23-22(17-19)31-29(21-9-4-5-10-26(21)35-2)32(23)20-8-6-7-18(15-20)16-25(34)27-13-14-28(30)36-27/h4-5,9-14,17-18,20H,3,6-8,15-16H2,1-2H3. The number of rotatable bonds is 8. The smallest absolute Gasteiger partial charge is 0.173 e. The zero-order chi connectivity index (χ0) is 25.2. The maximum atomic E-state index is 13.0. The molecule has 0 N–H and O–H groups in total. The lowest BCUT2D eigenvalue weighted by atomic mass is 9.82. The number of thioether (sulfide) groups is 1. The first-order chi connectivity index (χ1) is 17.5. The van der Waals surface area contributed by atoms with Crippen LogP contribution in [0.5, 0.6) is 0 Å². The summed E-state index contributed by atoms with van der Waals surface area (Å²) in [6, 6.07) is 18.5. The Morgan fingerprint density at radius 2 is 1.94 bits per heavy atom. The van der Waals surface area contributed by atoms with E-state index in [1.807, 2.05) is 31.2 Å². The SMILES string of the molecule is CCC(=O)c1ccc2c(c1)nc(-c1ccccc1SC)n2C1CCCC(CC(=O)c2ccc(Br)s2)C1. The molecule has 0 bridgehead atoms. The van der Waals surface area contributed by atoms with Gasteiger partial charge in [0.1, 0.15) is 5.82 Å². The molecule has 0 radical (unpaired) electrons. The average Bonchev–Trinajstić information content (AvgIpc) is 3.51. The number of nitrogens with zero attached hydrogens (tertiary/aromatic N) is 2. The molecule has 0 saturated heterocycles. The Morgan fingerprint density at radius 1 is 1.11 bits per heavy atom. The van der Waals surface area contributed by atoms with Gasteiger partial charge < -0.3 is 4.57 Å². The Kier molecular flexibility index (Phi) is 7.79. The molecule has 0 amide bonds. The summed E-state index contributed by atoms with van der Waals surface area (Å²) in [6.45, 7) is 1.89. The van der Waals surface area contributed by atoms with Gasteiger partial charge in [-0.2, -0.15) is 0 Å². The third-order valence-electron chi connectivity index (χ3n) is 7.12. The van der Waals surface area contributed by atoms with Crippen LogP contribution in [0.3, 0.4) is 0 Å². The van der Waals surface area contributed by atoms with Gasteiger partial charge in [0.15, 0.2) is 11.6 Å². The van der Waals surface area contributed by atoms with E-state index in [-0.39, 0.29) is 17.6 Å². The number of hydrogen-bond acceptors (Lipinski definition) is 5. The number of Topliss-reactive ketones (excluding diaryl/α,β-unsaturated/α-hetero) is 2. The number of carbonyl (C=O) groups is 2. The summed E-state index contributed by atoms with van der Waals surface area (Å²) < 4.78 is 3.39. The number of imidazole rings is 1. The molecule has 2 aromatic carbocycles. The molecule has 0 aliphatic heterocycles. The van der Waals surface area contributed by atoms with Crippen molar-refractivity contribution in [1.29, 1.82) is 0 Å². The number of carbonyl (C=O) groups excluding carboxylic acids is 2. The molecular formula is C29H29BrN2O2S2. The van der Waals surface area contributed by atoms with E-state index >= 15 is 0 Å². The normalized spacial score (nSPS) is 18.0. The van der Waals surface area contributed by atoms with Gasteiger partial charge in [0.05, 0.1) is 19.7 Å². The van der Waals surface area contributed by atoms with E-state index in [1.54, 1.807) is 11.8 Å². The third-order valence-corrected chi connectivity index (χ3v) is 9.58. The molecule has 2 heterocycles. The molecule has 4 aromatic rings. The monoisotopic (exact) mass is 580 g/mol. The molecule has 7 heteroatoms. The van der Waals surface area contributed by atoms with E-state index in [0.29, 0.717) is 24.3 Å². The van der Waals surface area contributed by atoms with Gasteiger partial charge in [-0.15, -0.1) is 23.1 Å². The second-order valence-corrected chi connectivity index (χ2v) is 12.7. The van der Waals surface area contributed by atoms with Gasteiger partial charge in [0.2, 0.25) is 0 Å². The van der Waals surface area contributed by atoms with E-state index < -0.39 is 0 Å². The van der Waals surface area contributed by atoms with Crippen molar-refractivity contribution in [2.75, 3.05) is 6.26 Å². The fourth-order valence-corrected chi connectivity index (χ4v) is 7.30. The van der Waals surface area contributed by atoms with Crippen molar-refractivity contribution >= 4 is 61.6 Å². The minimum absolute atomic E-state index is 0.133. The number of aromatic nitrogens is 2. The van der Waals surface area contributed by atoms with Crippen LogP contribution in [0.15, 0.2) is 63.3 Å². The van der Waals surface area contributed by atoms with Crippen molar-refractivity contribution < 1.29 is 9.59 Å². The Morgan fingerprint density at radius 3 is 2.69 bits per heavy atom. The number of ketones is 2. The minimum Gasteiger partial charge on any atom is -0.321 e. The summed E-state index contributed by atoms with van der Waals surface area (Å²) >= 11 is 6.71. The van der Waals surface area contributed by atoms with Crippen LogP contribution in [0.4, 0.5) is 0 Å². The van der Waals surface area contributed by atoms with Crippen molar-refractivity contribution in [3.8, 4) is 11.4 Å². The largest absolute Gasteiger partial charge is 0.321 e. The highest BCUT2D eigenvalue weighted by Gasteiger charge is 2.29. The van der Waals surface area contributed by atoms with Crippen LogP contribution < -0.4 is 0 Å². The van der Waals surface area contributed by atoms with E-state index in [1.165, 1.54) is 16.2 Å². The summed E-state index contributed by atoms with van der Waals surface area (Å²) in [7, 11) is 0. The average molecular weight is 582 g/mol. The Balaban J connectivity index is 1.53. The molecule has 1 aliphatic rings. The molecule has 1 fully saturated rings. The molecule has 36 heavy (non-hydrogen) atoms. The topological polar surface area (TPSA) is 52.0 Å². The minimum atomic E-state index is 0.133. The molecule has 2 unspecified atom stereocenters. The summed E-state index contributed by atoms with van der Waals surface area (Å²) in [5.41, 5.74) is 3.76. The van der Waals surface area contributed by atoms with Crippen LogP contribution in [-0.4, -0.2) is 27.4 Å². The summed E-state index contributed by atoms with van der Waals surface area (Å²) in [6.07, 6.45) is 7.34. The second kappa shape index (κ2) is 11.0. The van der Waals surface area contributed by atoms with Gasteiger partial charge in [-0.25, -0.2) is 4.98 Å². The lowest BCUT2D eigenvalue weighted by Crippen LogP contribution is -2.22. The van der Waals surface area contributed by atoms with Crippen LogP contribution in [0, 0.1) is 5.92 Å². The zero-order valence-corrected chi connectivity index (χ0v) is 23.7. The Labute approximate surface area is 228 Å². The molecule has 1 saturated carbocycles. The maximum Gasteiger partial charge on any atom is 0.173 e. The maximum absolute atomic E-state index is 13.0. The van der Waals surface area contributed by atoms with Gasteiger partial charge in [0, 0.05) is 34.9 Å². The third kappa shape index (κ3) is 5.11. The number of thiophene rings is 1. The van der Waals surface area contributed by atoms with Crippen LogP contribution in [0.25, 0.3) is 22.4 Å². The lowest BCUT2D eigenvalue weighted by molar-refractivity contribution is 0.0944. The molecule has 2 atom stereocenters. The molecular weight excluding hydrogens is 552 g/mol. The van der Waals surface area contributed by atoms with E-state index in [4.69, 9.17) is 4.98 Å². The van der Waals surface area contributed by atoms with E-state index in [0.717, 1.165) is 56.8 Å². The predicted octanol–water partition coefficient (Wildman–Crippen LogP) is 8.85. The molecule has 186 valence electrons.